The molecule has 0 radical (unpaired) electrons. The molecule has 2 heterocycles. The van der Waals surface area contributed by atoms with Gasteiger partial charge in [-0.1, -0.05) is 43.2 Å². The van der Waals surface area contributed by atoms with Crippen LogP contribution in [0.3, 0.4) is 0 Å². The molecule has 1 aliphatic rings. The zero-order chi connectivity index (χ0) is 19.3. The van der Waals surface area contributed by atoms with E-state index in [9.17, 15) is 4.79 Å². The molecule has 6 heteroatoms. The fraction of sp³-hybridized carbons (Fsp3) is 0.273. The first-order valence-corrected chi connectivity index (χ1v) is 10.3. The third kappa shape index (κ3) is 4.02. The minimum atomic E-state index is -0.183. The SMILES string of the molecule is CCCCCOc1ccc(C(=O)Nc2nc3c(s2)COc2ccccc2-3)cc1. The number of hydrogen-bond acceptors (Lipinski definition) is 5. The molecule has 4 rings (SSSR count). The Kier molecular flexibility index (Phi) is 5.58. The number of thiazole rings is 1. The molecular weight excluding hydrogens is 372 g/mol. The van der Waals surface area contributed by atoms with Crippen LogP contribution in [0.25, 0.3) is 11.3 Å². The average molecular weight is 394 g/mol. The van der Waals surface area contributed by atoms with E-state index in [1.165, 1.54) is 17.8 Å². The van der Waals surface area contributed by atoms with Gasteiger partial charge in [0.15, 0.2) is 5.13 Å². The zero-order valence-corrected chi connectivity index (χ0v) is 16.6. The highest BCUT2D eigenvalue weighted by Crippen LogP contribution is 2.40. The molecule has 1 aliphatic heterocycles. The lowest BCUT2D eigenvalue weighted by Gasteiger charge is -2.15. The summed E-state index contributed by atoms with van der Waals surface area (Å²) in [4.78, 5) is 18.2. The molecule has 0 saturated heterocycles. The molecule has 0 saturated carbocycles. The quantitative estimate of drug-likeness (QED) is 0.536. The van der Waals surface area contributed by atoms with Crippen LogP contribution < -0.4 is 14.8 Å². The van der Waals surface area contributed by atoms with Gasteiger partial charge >= 0.3 is 0 Å². The van der Waals surface area contributed by atoms with Gasteiger partial charge < -0.3 is 9.47 Å². The van der Waals surface area contributed by atoms with E-state index in [2.05, 4.69) is 17.2 Å². The Hall–Kier alpha value is -2.86. The Morgan fingerprint density at radius 2 is 2.00 bits per heavy atom. The fourth-order valence-electron chi connectivity index (χ4n) is 3.06. The molecular formula is C22H22N2O3S. The predicted molar refractivity (Wildman–Crippen MR) is 111 cm³/mol. The number of nitrogens with one attached hydrogen (secondary N) is 1. The number of hydrogen-bond donors (Lipinski definition) is 1. The maximum atomic E-state index is 12.6. The van der Waals surface area contributed by atoms with Crippen molar-refractivity contribution in [3.63, 3.8) is 0 Å². The Balaban J connectivity index is 1.42. The van der Waals surface area contributed by atoms with Gasteiger partial charge in [-0.05, 0) is 42.8 Å². The molecule has 0 bridgehead atoms. The lowest BCUT2D eigenvalue weighted by Crippen LogP contribution is -2.11. The summed E-state index contributed by atoms with van der Waals surface area (Å²) in [5, 5.41) is 3.48. The summed E-state index contributed by atoms with van der Waals surface area (Å²) >= 11 is 1.45. The van der Waals surface area contributed by atoms with Crippen LogP contribution in [0.4, 0.5) is 5.13 Å². The summed E-state index contributed by atoms with van der Waals surface area (Å²) in [6.07, 6.45) is 3.37. The number of carbonyl (C=O) groups excluding carboxylic acids is 1. The van der Waals surface area contributed by atoms with Crippen molar-refractivity contribution in [2.75, 3.05) is 11.9 Å². The van der Waals surface area contributed by atoms with Crippen LogP contribution >= 0.6 is 11.3 Å². The van der Waals surface area contributed by atoms with Gasteiger partial charge in [-0.25, -0.2) is 4.98 Å². The molecule has 0 unspecified atom stereocenters. The Bertz CT molecular complexity index is 966. The van der Waals surface area contributed by atoms with Crippen LogP contribution in [-0.2, 0) is 6.61 Å². The molecule has 1 amide bonds. The van der Waals surface area contributed by atoms with E-state index in [-0.39, 0.29) is 5.91 Å². The van der Waals surface area contributed by atoms with Gasteiger partial charge in [-0.3, -0.25) is 10.1 Å². The number of rotatable bonds is 7. The first kappa shape index (κ1) is 18.5. The predicted octanol–water partition coefficient (Wildman–Crippen LogP) is 5.52. The summed E-state index contributed by atoms with van der Waals surface area (Å²) in [6, 6.07) is 15.0. The Labute approximate surface area is 168 Å². The lowest BCUT2D eigenvalue weighted by molar-refractivity contribution is 0.102. The van der Waals surface area contributed by atoms with Gasteiger partial charge in [0.05, 0.1) is 17.2 Å². The summed E-state index contributed by atoms with van der Waals surface area (Å²) in [7, 11) is 0. The van der Waals surface area contributed by atoms with Crippen molar-refractivity contribution in [2.45, 2.75) is 32.8 Å². The van der Waals surface area contributed by atoms with Crippen molar-refractivity contribution < 1.29 is 14.3 Å². The summed E-state index contributed by atoms with van der Waals surface area (Å²) in [5.41, 5.74) is 2.42. The maximum Gasteiger partial charge on any atom is 0.257 e. The van der Waals surface area contributed by atoms with E-state index in [0.29, 0.717) is 23.9 Å². The van der Waals surface area contributed by atoms with Crippen LogP contribution in [0.15, 0.2) is 48.5 Å². The largest absolute Gasteiger partial charge is 0.494 e. The molecule has 0 spiro atoms. The van der Waals surface area contributed by atoms with Gasteiger partial charge in [0.25, 0.3) is 5.91 Å². The minimum absolute atomic E-state index is 0.183. The van der Waals surface area contributed by atoms with Crippen molar-refractivity contribution in [3.05, 3.63) is 59.0 Å². The van der Waals surface area contributed by atoms with E-state index in [1.54, 1.807) is 12.1 Å². The smallest absolute Gasteiger partial charge is 0.257 e. The lowest BCUT2D eigenvalue weighted by atomic mass is 10.1. The number of nitrogens with zero attached hydrogens (tertiary/aromatic N) is 1. The van der Waals surface area contributed by atoms with Gasteiger partial charge in [-0.15, -0.1) is 0 Å². The summed E-state index contributed by atoms with van der Waals surface area (Å²) in [6.45, 7) is 3.34. The third-order valence-electron chi connectivity index (χ3n) is 4.55. The molecule has 3 aromatic rings. The van der Waals surface area contributed by atoms with Crippen molar-refractivity contribution in [1.29, 1.82) is 0 Å². The first-order valence-electron chi connectivity index (χ1n) is 9.50. The van der Waals surface area contributed by atoms with Crippen LogP contribution in [0.1, 0.15) is 41.4 Å². The van der Waals surface area contributed by atoms with Gasteiger partial charge in [0, 0.05) is 11.1 Å². The van der Waals surface area contributed by atoms with E-state index in [4.69, 9.17) is 9.47 Å². The highest BCUT2D eigenvalue weighted by atomic mass is 32.1. The number of fused-ring (bicyclic) bond motifs is 3. The van der Waals surface area contributed by atoms with Crippen LogP contribution in [0.2, 0.25) is 0 Å². The van der Waals surface area contributed by atoms with Crippen LogP contribution in [0, 0.1) is 0 Å². The van der Waals surface area contributed by atoms with E-state index in [1.807, 2.05) is 36.4 Å². The van der Waals surface area contributed by atoms with Crippen LogP contribution in [-0.4, -0.2) is 17.5 Å². The van der Waals surface area contributed by atoms with Gasteiger partial charge in [0.2, 0.25) is 0 Å². The molecule has 5 nitrogen and oxygen atoms in total. The second-order valence-corrected chi connectivity index (χ2v) is 7.69. The maximum absolute atomic E-state index is 12.6. The molecule has 28 heavy (non-hydrogen) atoms. The number of unbranched alkanes of at least 4 members (excludes halogenated alkanes) is 2. The van der Waals surface area contributed by atoms with Crippen LogP contribution in [0.5, 0.6) is 11.5 Å². The molecule has 0 fully saturated rings. The molecule has 2 aromatic carbocycles. The molecule has 144 valence electrons. The van der Waals surface area contributed by atoms with Crippen molar-refractivity contribution >= 4 is 22.4 Å². The standard InChI is InChI=1S/C22H22N2O3S/c1-2-3-6-13-26-16-11-9-15(10-12-16)21(25)24-22-23-20-17-7-4-5-8-18(17)27-14-19(20)28-22/h4-5,7-12H,2-3,6,13-14H2,1H3,(H,23,24,25). The monoisotopic (exact) mass is 394 g/mol. The number of para-hydroxylation sites is 1. The van der Waals surface area contributed by atoms with Gasteiger partial charge in [0.1, 0.15) is 18.1 Å². The first-order chi connectivity index (χ1) is 13.7. The topological polar surface area (TPSA) is 60.5 Å². The van der Waals surface area contributed by atoms with Crippen molar-refractivity contribution in [2.24, 2.45) is 0 Å². The third-order valence-corrected chi connectivity index (χ3v) is 5.50. The second kappa shape index (κ2) is 8.44. The Morgan fingerprint density at radius 1 is 1.18 bits per heavy atom. The zero-order valence-electron chi connectivity index (χ0n) is 15.7. The highest BCUT2D eigenvalue weighted by Gasteiger charge is 2.22. The highest BCUT2D eigenvalue weighted by molar-refractivity contribution is 7.16. The number of carbonyl (C=O) groups is 1. The number of aromatic nitrogens is 1. The molecule has 1 aromatic heterocycles. The molecule has 0 aliphatic carbocycles. The van der Waals surface area contributed by atoms with Crippen molar-refractivity contribution in [1.82, 2.24) is 4.98 Å². The van der Waals surface area contributed by atoms with E-state index >= 15 is 0 Å². The number of amides is 1. The normalized spacial score (nSPS) is 11.9. The number of ether oxygens (including phenoxy) is 2. The Morgan fingerprint density at radius 3 is 2.82 bits per heavy atom. The van der Waals surface area contributed by atoms with E-state index in [0.717, 1.165) is 40.5 Å². The number of benzene rings is 2. The van der Waals surface area contributed by atoms with Gasteiger partial charge in [-0.2, -0.15) is 0 Å². The molecule has 1 N–H and O–H groups in total. The summed E-state index contributed by atoms with van der Waals surface area (Å²) < 4.78 is 11.5. The minimum Gasteiger partial charge on any atom is -0.494 e. The van der Waals surface area contributed by atoms with Crippen molar-refractivity contribution in [3.8, 4) is 22.8 Å². The number of anilines is 1. The van der Waals surface area contributed by atoms with E-state index < -0.39 is 0 Å². The molecule has 0 atom stereocenters. The average Bonchev–Trinajstić information content (AvgIpc) is 3.14. The second-order valence-electron chi connectivity index (χ2n) is 6.61. The summed E-state index contributed by atoms with van der Waals surface area (Å²) in [5.74, 6) is 1.43. The fourth-order valence-corrected chi connectivity index (χ4v) is 3.94.